The predicted octanol–water partition coefficient (Wildman–Crippen LogP) is 4.22. The molecule has 18 heavy (non-hydrogen) atoms. The van der Waals surface area contributed by atoms with Crippen molar-refractivity contribution in [3.05, 3.63) is 34.4 Å². The van der Waals surface area contributed by atoms with E-state index in [1.807, 2.05) is 19.1 Å². The molecule has 2 aromatic rings. The van der Waals surface area contributed by atoms with Crippen LogP contribution < -0.4 is 5.32 Å². The molecule has 0 unspecified atom stereocenters. The minimum absolute atomic E-state index is 0.597. The second-order valence-electron chi connectivity index (χ2n) is 4.85. The summed E-state index contributed by atoms with van der Waals surface area (Å²) in [7, 11) is 0. The summed E-state index contributed by atoms with van der Waals surface area (Å²) >= 11 is 3.46. The van der Waals surface area contributed by atoms with E-state index in [9.17, 15) is 0 Å². The summed E-state index contributed by atoms with van der Waals surface area (Å²) in [6.45, 7) is 7.34. The lowest BCUT2D eigenvalue weighted by Crippen LogP contribution is -2.08. The summed E-state index contributed by atoms with van der Waals surface area (Å²) in [5.41, 5.74) is 3.42. The van der Waals surface area contributed by atoms with Gasteiger partial charge in [0.2, 0.25) is 0 Å². The topological polar surface area (TPSA) is 40.7 Å². The second kappa shape index (κ2) is 5.57. The molecule has 0 spiro atoms. The summed E-state index contributed by atoms with van der Waals surface area (Å²) in [6, 6.07) is 8.30. The Kier molecular flexibility index (Phi) is 4.07. The van der Waals surface area contributed by atoms with Crippen molar-refractivity contribution in [2.24, 2.45) is 5.92 Å². The van der Waals surface area contributed by atoms with Gasteiger partial charge in [-0.05, 0) is 30.5 Å². The zero-order valence-electron chi connectivity index (χ0n) is 10.9. The van der Waals surface area contributed by atoms with E-state index in [1.165, 1.54) is 5.56 Å². The van der Waals surface area contributed by atoms with E-state index in [0.29, 0.717) is 5.92 Å². The number of aromatic nitrogens is 2. The van der Waals surface area contributed by atoms with Crippen molar-refractivity contribution in [3.8, 4) is 11.1 Å². The molecule has 2 rings (SSSR count). The van der Waals surface area contributed by atoms with Crippen LogP contribution in [-0.2, 0) is 0 Å². The summed E-state index contributed by atoms with van der Waals surface area (Å²) in [5.74, 6) is 1.53. The molecule has 1 heterocycles. The zero-order chi connectivity index (χ0) is 13.1. The molecule has 0 saturated heterocycles. The Morgan fingerprint density at radius 3 is 2.56 bits per heavy atom. The smallest absolute Gasteiger partial charge is 0.155 e. The van der Waals surface area contributed by atoms with Gasteiger partial charge >= 0.3 is 0 Å². The molecule has 0 aliphatic rings. The number of rotatable bonds is 4. The lowest BCUT2D eigenvalue weighted by atomic mass is 10.1. The highest BCUT2D eigenvalue weighted by Gasteiger charge is 2.12. The van der Waals surface area contributed by atoms with E-state index in [-0.39, 0.29) is 0 Å². The molecule has 0 aliphatic carbocycles. The number of nitrogens with zero attached hydrogens (tertiary/aromatic N) is 1. The molecule has 0 amide bonds. The van der Waals surface area contributed by atoms with Crippen molar-refractivity contribution in [1.29, 1.82) is 0 Å². The van der Waals surface area contributed by atoms with E-state index >= 15 is 0 Å². The maximum Gasteiger partial charge on any atom is 0.155 e. The van der Waals surface area contributed by atoms with Gasteiger partial charge in [-0.2, -0.15) is 5.10 Å². The van der Waals surface area contributed by atoms with Gasteiger partial charge in [-0.15, -0.1) is 0 Å². The number of aromatic amines is 1. The highest BCUT2D eigenvalue weighted by Crippen LogP contribution is 2.30. The van der Waals surface area contributed by atoms with E-state index < -0.39 is 0 Å². The van der Waals surface area contributed by atoms with Gasteiger partial charge in [-0.25, -0.2) is 0 Å². The SMILES string of the molecule is Cc1[nH]nc(NCC(C)C)c1-c1ccc(Br)cc1. The normalized spacial score (nSPS) is 10.9. The first-order chi connectivity index (χ1) is 8.58. The molecule has 96 valence electrons. The molecule has 0 radical (unpaired) electrons. The van der Waals surface area contributed by atoms with E-state index in [4.69, 9.17) is 0 Å². The Morgan fingerprint density at radius 2 is 1.94 bits per heavy atom. The van der Waals surface area contributed by atoms with Crippen LogP contribution >= 0.6 is 15.9 Å². The molecule has 1 aromatic carbocycles. The van der Waals surface area contributed by atoms with Crippen molar-refractivity contribution in [2.75, 3.05) is 11.9 Å². The standard InChI is InChI=1S/C14H18BrN3/c1-9(2)8-16-14-13(10(3)17-18-14)11-4-6-12(15)7-5-11/h4-7,9H,8H2,1-3H3,(H2,16,17,18). The van der Waals surface area contributed by atoms with Crippen LogP contribution in [0.2, 0.25) is 0 Å². The molecular formula is C14H18BrN3. The molecule has 0 fully saturated rings. The number of hydrogen-bond donors (Lipinski definition) is 2. The van der Waals surface area contributed by atoms with Crippen molar-refractivity contribution in [2.45, 2.75) is 20.8 Å². The van der Waals surface area contributed by atoms with E-state index in [0.717, 1.165) is 28.1 Å². The number of halogens is 1. The van der Waals surface area contributed by atoms with Gasteiger partial charge in [-0.3, -0.25) is 5.10 Å². The molecule has 0 atom stereocenters. The van der Waals surface area contributed by atoms with Crippen LogP contribution in [0, 0.1) is 12.8 Å². The lowest BCUT2D eigenvalue weighted by molar-refractivity contribution is 0.687. The van der Waals surface area contributed by atoms with Crippen LogP contribution in [0.1, 0.15) is 19.5 Å². The van der Waals surface area contributed by atoms with Gasteiger partial charge in [0.15, 0.2) is 5.82 Å². The molecule has 0 bridgehead atoms. The van der Waals surface area contributed by atoms with Gasteiger partial charge < -0.3 is 5.32 Å². The molecule has 4 heteroatoms. The average Bonchev–Trinajstić information content (AvgIpc) is 2.69. The van der Waals surface area contributed by atoms with Gasteiger partial charge in [0.25, 0.3) is 0 Å². The summed E-state index contributed by atoms with van der Waals surface area (Å²) < 4.78 is 1.09. The fourth-order valence-corrected chi connectivity index (χ4v) is 2.09. The number of aryl methyl sites for hydroxylation is 1. The minimum atomic E-state index is 0.597. The predicted molar refractivity (Wildman–Crippen MR) is 79.8 cm³/mol. The van der Waals surface area contributed by atoms with Gasteiger partial charge in [-0.1, -0.05) is 41.9 Å². The first-order valence-electron chi connectivity index (χ1n) is 6.12. The minimum Gasteiger partial charge on any atom is -0.368 e. The maximum absolute atomic E-state index is 4.34. The molecule has 2 N–H and O–H groups in total. The molecule has 3 nitrogen and oxygen atoms in total. The molecule has 0 saturated carbocycles. The number of anilines is 1. The number of H-pyrrole nitrogens is 1. The van der Waals surface area contributed by atoms with E-state index in [1.54, 1.807) is 0 Å². The van der Waals surface area contributed by atoms with Gasteiger partial charge in [0.05, 0.1) is 0 Å². The van der Waals surface area contributed by atoms with Crippen LogP contribution in [0.25, 0.3) is 11.1 Å². The van der Waals surface area contributed by atoms with Gasteiger partial charge in [0.1, 0.15) is 0 Å². The van der Waals surface area contributed by atoms with Crippen molar-refractivity contribution >= 4 is 21.7 Å². The first kappa shape index (κ1) is 13.1. The fraction of sp³-hybridized carbons (Fsp3) is 0.357. The zero-order valence-corrected chi connectivity index (χ0v) is 12.5. The molecular weight excluding hydrogens is 290 g/mol. The number of nitrogens with one attached hydrogen (secondary N) is 2. The highest BCUT2D eigenvalue weighted by atomic mass is 79.9. The Bertz CT molecular complexity index is 514. The van der Waals surface area contributed by atoms with Crippen molar-refractivity contribution in [3.63, 3.8) is 0 Å². The van der Waals surface area contributed by atoms with Crippen LogP contribution in [-0.4, -0.2) is 16.7 Å². The summed E-state index contributed by atoms with van der Waals surface area (Å²) in [5, 5.41) is 10.8. The lowest BCUT2D eigenvalue weighted by Gasteiger charge is -2.09. The Morgan fingerprint density at radius 1 is 1.28 bits per heavy atom. The Hall–Kier alpha value is -1.29. The number of benzene rings is 1. The van der Waals surface area contributed by atoms with Crippen LogP contribution in [0.15, 0.2) is 28.7 Å². The van der Waals surface area contributed by atoms with E-state index in [2.05, 4.69) is 57.4 Å². The molecule has 1 aromatic heterocycles. The van der Waals surface area contributed by atoms with Crippen molar-refractivity contribution in [1.82, 2.24) is 10.2 Å². The third kappa shape index (κ3) is 2.93. The highest BCUT2D eigenvalue weighted by molar-refractivity contribution is 9.10. The maximum atomic E-state index is 4.34. The van der Waals surface area contributed by atoms with Crippen LogP contribution in [0.4, 0.5) is 5.82 Å². The summed E-state index contributed by atoms with van der Waals surface area (Å²) in [4.78, 5) is 0. The molecule has 0 aliphatic heterocycles. The Balaban J connectivity index is 2.31. The number of hydrogen-bond acceptors (Lipinski definition) is 2. The van der Waals surface area contributed by atoms with Gasteiger partial charge in [0, 0.05) is 22.3 Å². The summed E-state index contributed by atoms with van der Waals surface area (Å²) in [6.07, 6.45) is 0. The first-order valence-corrected chi connectivity index (χ1v) is 6.92. The fourth-order valence-electron chi connectivity index (χ4n) is 1.83. The van der Waals surface area contributed by atoms with Crippen molar-refractivity contribution < 1.29 is 0 Å². The monoisotopic (exact) mass is 307 g/mol. The largest absolute Gasteiger partial charge is 0.368 e. The van der Waals surface area contributed by atoms with Crippen LogP contribution in [0.5, 0.6) is 0 Å². The Labute approximate surface area is 116 Å². The third-order valence-electron chi connectivity index (χ3n) is 2.76. The third-order valence-corrected chi connectivity index (χ3v) is 3.29. The average molecular weight is 308 g/mol. The van der Waals surface area contributed by atoms with Crippen LogP contribution in [0.3, 0.4) is 0 Å². The second-order valence-corrected chi connectivity index (χ2v) is 5.77. The quantitative estimate of drug-likeness (QED) is 0.888.